The Kier molecular flexibility index (Phi) is 5.44. The lowest BCUT2D eigenvalue weighted by molar-refractivity contribution is -0.384. The molecule has 0 bridgehead atoms. The number of nitrogens with zero attached hydrogens (tertiary/aromatic N) is 2. The van der Waals surface area contributed by atoms with Crippen molar-refractivity contribution in [2.45, 2.75) is 6.42 Å². The van der Waals surface area contributed by atoms with Gasteiger partial charge in [-0.2, -0.15) is 0 Å². The van der Waals surface area contributed by atoms with Crippen molar-refractivity contribution >= 4 is 39.8 Å². The number of anilines is 1. The van der Waals surface area contributed by atoms with E-state index in [9.17, 15) is 24.5 Å². The van der Waals surface area contributed by atoms with Crippen molar-refractivity contribution in [2.75, 3.05) is 18.1 Å². The van der Waals surface area contributed by atoms with Crippen LogP contribution in [0.3, 0.4) is 0 Å². The summed E-state index contributed by atoms with van der Waals surface area (Å²) in [5.74, 6) is -1.94. The second-order valence-corrected chi connectivity index (χ2v) is 7.24. The fourth-order valence-corrected chi connectivity index (χ4v) is 3.65. The van der Waals surface area contributed by atoms with Crippen molar-refractivity contribution in [3.8, 4) is 0 Å². The molecule has 3 aromatic rings. The van der Waals surface area contributed by atoms with Crippen LogP contribution in [-0.2, 0) is 14.3 Å². The quantitative estimate of drug-likeness (QED) is 0.262. The van der Waals surface area contributed by atoms with Gasteiger partial charge in [0.05, 0.1) is 16.5 Å². The van der Waals surface area contributed by atoms with Crippen LogP contribution >= 0.6 is 0 Å². The van der Waals surface area contributed by atoms with E-state index >= 15 is 0 Å². The van der Waals surface area contributed by atoms with Crippen LogP contribution in [0.1, 0.15) is 16.8 Å². The Morgan fingerprint density at radius 2 is 1.74 bits per heavy atom. The van der Waals surface area contributed by atoms with Gasteiger partial charge in [-0.1, -0.05) is 36.4 Å². The molecule has 156 valence electrons. The number of hydrogen-bond acceptors (Lipinski definition) is 6. The molecule has 3 aromatic carbocycles. The van der Waals surface area contributed by atoms with Crippen molar-refractivity contribution in [3.05, 3.63) is 82.4 Å². The summed E-state index contributed by atoms with van der Waals surface area (Å²) in [6, 6.07) is 18.4. The molecule has 0 aromatic heterocycles. The molecular formula is C23H18N2O6. The Morgan fingerprint density at radius 3 is 2.48 bits per heavy atom. The lowest BCUT2D eigenvalue weighted by Gasteiger charge is -2.18. The normalized spacial score (nSPS) is 15.8. The third-order valence-electron chi connectivity index (χ3n) is 5.26. The van der Waals surface area contributed by atoms with E-state index in [0.717, 1.165) is 16.5 Å². The zero-order chi connectivity index (χ0) is 22.0. The first-order chi connectivity index (χ1) is 14.9. The minimum Gasteiger partial charge on any atom is -0.457 e. The average molecular weight is 418 g/mol. The summed E-state index contributed by atoms with van der Waals surface area (Å²) in [5, 5.41) is 12.6. The number of amides is 1. The fourth-order valence-electron chi connectivity index (χ4n) is 3.65. The van der Waals surface area contributed by atoms with Gasteiger partial charge in [0.25, 0.3) is 5.69 Å². The maximum absolute atomic E-state index is 12.6. The molecule has 8 heteroatoms. The molecule has 1 aliphatic rings. The molecule has 1 atom stereocenters. The number of carbonyl (C=O) groups is 3. The minimum atomic E-state index is -0.670. The van der Waals surface area contributed by atoms with Gasteiger partial charge in [-0.15, -0.1) is 0 Å². The van der Waals surface area contributed by atoms with Crippen LogP contribution in [0.4, 0.5) is 11.4 Å². The van der Waals surface area contributed by atoms with Crippen molar-refractivity contribution < 1.29 is 24.0 Å². The Morgan fingerprint density at radius 1 is 1.03 bits per heavy atom. The van der Waals surface area contributed by atoms with Crippen LogP contribution in [0, 0.1) is 16.0 Å². The lowest BCUT2D eigenvalue weighted by atomic mass is 10.1. The molecule has 0 radical (unpaired) electrons. The molecule has 31 heavy (non-hydrogen) atoms. The summed E-state index contributed by atoms with van der Waals surface area (Å²) in [6.07, 6.45) is 0.00771. The van der Waals surface area contributed by atoms with Gasteiger partial charge in [-0.05, 0) is 23.6 Å². The molecule has 1 saturated heterocycles. The monoisotopic (exact) mass is 418 g/mol. The molecule has 1 amide bonds. The molecule has 0 N–H and O–H groups in total. The van der Waals surface area contributed by atoms with Crippen LogP contribution < -0.4 is 4.90 Å². The van der Waals surface area contributed by atoms with Crippen molar-refractivity contribution in [3.63, 3.8) is 0 Å². The van der Waals surface area contributed by atoms with Crippen LogP contribution in [-0.4, -0.2) is 35.7 Å². The van der Waals surface area contributed by atoms with Gasteiger partial charge in [0, 0.05) is 36.0 Å². The van der Waals surface area contributed by atoms with Gasteiger partial charge in [-0.25, -0.2) is 0 Å². The second-order valence-electron chi connectivity index (χ2n) is 7.24. The Labute approximate surface area is 177 Å². The van der Waals surface area contributed by atoms with E-state index < -0.39 is 29.2 Å². The smallest absolute Gasteiger partial charge is 0.311 e. The molecular weight excluding hydrogens is 400 g/mol. The number of ether oxygens (including phenoxy) is 1. The van der Waals surface area contributed by atoms with E-state index in [1.54, 1.807) is 4.90 Å². The van der Waals surface area contributed by atoms with Gasteiger partial charge in [-0.3, -0.25) is 24.5 Å². The topological polar surface area (TPSA) is 107 Å². The Hall–Kier alpha value is -4.07. The van der Waals surface area contributed by atoms with E-state index in [1.165, 1.54) is 24.3 Å². The molecule has 0 saturated carbocycles. The minimum absolute atomic E-state index is 0.00771. The SMILES string of the molecule is O=C(COC(=O)[C@@H]1CC(=O)N(c2cccc3ccccc23)C1)c1ccc([N+](=O)[O-])cc1. The first-order valence-electron chi connectivity index (χ1n) is 9.66. The highest BCUT2D eigenvalue weighted by molar-refractivity contribution is 6.06. The maximum atomic E-state index is 12.6. The lowest BCUT2D eigenvalue weighted by Crippen LogP contribution is -2.27. The fraction of sp³-hybridized carbons (Fsp3) is 0.174. The van der Waals surface area contributed by atoms with E-state index in [1.807, 2.05) is 42.5 Å². The zero-order valence-electron chi connectivity index (χ0n) is 16.4. The summed E-state index contributed by atoms with van der Waals surface area (Å²) in [6.45, 7) is -0.313. The van der Waals surface area contributed by atoms with Crippen LogP contribution in [0.5, 0.6) is 0 Å². The van der Waals surface area contributed by atoms with Gasteiger partial charge in [0.1, 0.15) is 0 Å². The summed E-state index contributed by atoms with van der Waals surface area (Å²) in [4.78, 5) is 49.0. The summed E-state index contributed by atoms with van der Waals surface area (Å²) in [5.41, 5.74) is 0.810. The number of esters is 1. The predicted molar refractivity (Wildman–Crippen MR) is 113 cm³/mol. The maximum Gasteiger partial charge on any atom is 0.311 e. The highest BCUT2D eigenvalue weighted by Crippen LogP contribution is 2.32. The van der Waals surface area contributed by atoms with Gasteiger partial charge in [0.15, 0.2) is 12.4 Å². The van der Waals surface area contributed by atoms with Crippen molar-refractivity contribution in [1.82, 2.24) is 0 Å². The van der Waals surface area contributed by atoms with Gasteiger partial charge in [0.2, 0.25) is 5.91 Å². The highest BCUT2D eigenvalue weighted by Gasteiger charge is 2.37. The number of carbonyl (C=O) groups excluding carboxylic acids is 3. The largest absolute Gasteiger partial charge is 0.457 e. The molecule has 4 rings (SSSR count). The number of nitro benzene ring substituents is 1. The number of ketones is 1. The number of fused-ring (bicyclic) bond motifs is 1. The van der Waals surface area contributed by atoms with E-state index in [-0.39, 0.29) is 30.1 Å². The Balaban J connectivity index is 1.40. The molecule has 0 unspecified atom stereocenters. The number of hydrogen-bond donors (Lipinski definition) is 0. The summed E-state index contributed by atoms with van der Waals surface area (Å²) < 4.78 is 5.14. The first kappa shape index (κ1) is 20.2. The van der Waals surface area contributed by atoms with Crippen LogP contribution in [0.2, 0.25) is 0 Å². The summed E-state index contributed by atoms with van der Waals surface area (Å²) >= 11 is 0. The first-order valence-corrected chi connectivity index (χ1v) is 9.66. The number of benzene rings is 3. The molecule has 1 fully saturated rings. The van der Waals surface area contributed by atoms with Crippen molar-refractivity contribution in [1.29, 1.82) is 0 Å². The van der Waals surface area contributed by atoms with E-state index in [2.05, 4.69) is 0 Å². The van der Waals surface area contributed by atoms with Gasteiger partial charge >= 0.3 is 5.97 Å². The number of rotatable bonds is 6. The molecule has 8 nitrogen and oxygen atoms in total. The molecule has 0 spiro atoms. The third-order valence-corrected chi connectivity index (χ3v) is 5.26. The molecule has 0 aliphatic carbocycles. The zero-order valence-corrected chi connectivity index (χ0v) is 16.4. The molecule has 1 aliphatic heterocycles. The van der Waals surface area contributed by atoms with E-state index in [0.29, 0.717) is 0 Å². The standard InChI is InChI=1S/C23H18N2O6/c26-21(16-8-10-18(11-9-16)25(29)30)14-31-23(28)17-12-22(27)24(13-17)20-7-3-5-15-4-1-2-6-19(15)20/h1-11,17H,12-14H2/t17-/m1/s1. The average Bonchev–Trinajstić information content (AvgIpc) is 3.18. The summed E-state index contributed by atoms with van der Waals surface area (Å²) in [7, 11) is 0. The van der Waals surface area contributed by atoms with Crippen LogP contribution in [0.25, 0.3) is 10.8 Å². The Bertz CT molecular complexity index is 1180. The molecule has 1 heterocycles. The number of non-ortho nitro benzene ring substituents is 1. The van der Waals surface area contributed by atoms with Crippen LogP contribution in [0.15, 0.2) is 66.7 Å². The van der Waals surface area contributed by atoms with Crippen molar-refractivity contribution in [2.24, 2.45) is 5.92 Å². The predicted octanol–water partition coefficient (Wildman–Crippen LogP) is 3.53. The number of Topliss-reactive ketones (excluding diaryl/α,β-unsaturated/α-hetero) is 1. The third kappa shape index (κ3) is 4.13. The number of nitro groups is 1. The van der Waals surface area contributed by atoms with Gasteiger partial charge < -0.3 is 9.64 Å². The highest BCUT2D eigenvalue weighted by atomic mass is 16.6. The second kappa shape index (κ2) is 8.35. The van der Waals surface area contributed by atoms with E-state index in [4.69, 9.17) is 4.74 Å².